The molecule has 1 saturated heterocycles. The lowest BCUT2D eigenvalue weighted by molar-refractivity contribution is -0.152. The quantitative estimate of drug-likeness (QED) is 0.291. The molecule has 2 aromatic carbocycles. The lowest BCUT2D eigenvalue weighted by atomic mass is 9.87. The number of ether oxygens (including phenoxy) is 2. The van der Waals surface area contributed by atoms with E-state index < -0.39 is 25.9 Å². The molecule has 1 fully saturated rings. The van der Waals surface area contributed by atoms with Gasteiger partial charge in [-0.25, -0.2) is 9.59 Å². The maximum absolute atomic E-state index is 13.5. The number of esters is 1. The average Bonchev–Trinajstić information content (AvgIpc) is 3.16. The lowest BCUT2D eigenvalue weighted by Gasteiger charge is -2.38. The Kier molecular flexibility index (Phi) is 8.50. The van der Waals surface area contributed by atoms with Gasteiger partial charge in [0.1, 0.15) is 6.61 Å². The van der Waals surface area contributed by atoms with Crippen molar-refractivity contribution in [1.82, 2.24) is 4.90 Å². The zero-order chi connectivity index (χ0) is 25.9. The molecular weight excluding hydrogens is 526 g/mol. The van der Waals surface area contributed by atoms with Crippen LogP contribution in [0.25, 0.3) is 0 Å². The molecule has 35 heavy (non-hydrogen) atoms. The minimum absolute atomic E-state index is 0.00930. The zero-order valence-electron chi connectivity index (χ0n) is 21.5. The Morgan fingerprint density at radius 1 is 1.09 bits per heavy atom. The smallest absolute Gasteiger partial charge is 0.411 e. The van der Waals surface area contributed by atoms with Crippen LogP contribution in [0, 0.1) is 0 Å². The van der Waals surface area contributed by atoms with Crippen LogP contribution < -0.4 is 0 Å². The van der Waals surface area contributed by atoms with Crippen LogP contribution in [0.4, 0.5) is 4.79 Å². The van der Waals surface area contributed by atoms with Gasteiger partial charge < -0.3 is 13.9 Å². The van der Waals surface area contributed by atoms with Crippen molar-refractivity contribution in [2.45, 2.75) is 70.0 Å². The van der Waals surface area contributed by atoms with Crippen LogP contribution in [0.5, 0.6) is 0 Å². The molecule has 2 atom stereocenters. The van der Waals surface area contributed by atoms with E-state index in [0.717, 1.165) is 15.6 Å². The van der Waals surface area contributed by atoms with Crippen LogP contribution in [0.1, 0.15) is 38.3 Å². The molecule has 6 nitrogen and oxygen atoms in total. The van der Waals surface area contributed by atoms with E-state index in [2.05, 4.69) is 49.8 Å². The lowest BCUT2D eigenvalue weighted by Crippen LogP contribution is -2.55. The highest BCUT2D eigenvalue weighted by molar-refractivity contribution is 9.10. The first kappa shape index (κ1) is 27.4. The summed E-state index contributed by atoms with van der Waals surface area (Å²) in [6.45, 7) is 11.3. The van der Waals surface area contributed by atoms with Crippen LogP contribution in [0.15, 0.2) is 59.1 Å². The summed E-state index contributed by atoms with van der Waals surface area (Å²) in [5.41, 5.74) is 0.551. The summed E-state index contributed by atoms with van der Waals surface area (Å²) in [6, 6.07) is 17.2. The average molecular weight is 563 g/mol. The predicted octanol–water partition coefficient (Wildman–Crippen LogP) is 6.34. The number of methoxy groups -OCH3 is 1. The number of halogens is 1. The number of carbonyl (C=O) groups is 2. The number of hydrogen-bond acceptors (Lipinski definition) is 5. The van der Waals surface area contributed by atoms with Gasteiger partial charge in [-0.1, -0.05) is 85.2 Å². The van der Waals surface area contributed by atoms with Crippen molar-refractivity contribution in [3.8, 4) is 0 Å². The first-order valence-electron chi connectivity index (χ1n) is 11.9. The number of hydrogen-bond donors (Lipinski definition) is 0. The molecular formula is C27H36BrNO5Si. The van der Waals surface area contributed by atoms with Gasteiger partial charge >= 0.3 is 12.1 Å². The summed E-state index contributed by atoms with van der Waals surface area (Å²) in [5.74, 6) is -0.466. The van der Waals surface area contributed by atoms with E-state index in [1.807, 2.05) is 54.6 Å². The number of nitrogens with zero attached hydrogens (tertiary/aromatic N) is 1. The normalized spacial score (nSPS) is 20.5. The number of rotatable bonds is 7. The molecule has 3 rings (SSSR count). The van der Waals surface area contributed by atoms with Gasteiger partial charge in [-0.15, -0.1) is 0 Å². The molecule has 1 amide bonds. The highest BCUT2D eigenvalue weighted by Crippen LogP contribution is 2.42. The van der Waals surface area contributed by atoms with E-state index in [1.165, 1.54) is 12.0 Å². The summed E-state index contributed by atoms with van der Waals surface area (Å²) >= 11 is 3.60. The molecule has 190 valence electrons. The molecule has 0 spiro atoms. The molecule has 0 bridgehead atoms. The van der Waals surface area contributed by atoms with Crippen molar-refractivity contribution in [2.24, 2.45) is 0 Å². The van der Waals surface area contributed by atoms with Crippen LogP contribution in [-0.2, 0) is 31.7 Å². The van der Waals surface area contributed by atoms with Crippen molar-refractivity contribution in [1.29, 1.82) is 0 Å². The van der Waals surface area contributed by atoms with Crippen molar-refractivity contribution in [2.75, 3.05) is 13.7 Å². The third-order valence-electron chi connectivity index (χ3n) is 7.17. The van der Waals surface area contributed by atoms with Crippen LogP contribution in [0.3, 0.4) is 0 Å². The first-order chi connectivity index (χ1) is 16.4. The molecule has 2 aromatic rings. The summed E-state index contributed by atoms with van der Waals surface area (Å²) < 4.78 is 18.6. The number of benzene rings is 2. The van der Waals surface area contributed by atoms with Gasteiger partial charge in [-0.05, 0) is 35.3 Å². The predicted molar refractivity (Wildman–Crippen MR) is 143 cm³/mol. The highest BCUT2D eigenvalue weighted by atomic mass is 79.9. The Morgan fingerprint density at radius 3 is 2.31 bits per heavy atom. The van der Waals surface area contributed by atoms with Crippen molar-refractivity contribution in [3.05, 3.63) is 70.2 Å². The Bertz CT molecular complexity index is 1040. The van der Waals surface area contributed by atoms with Crippen molar-refractivity contribution < 1.29 is 23.5 Å². The maximum atomic E-state index is 13.5. The second-order valence-electron chi connectivity index (χ2n) is 10.6. The number of carbonyl (C=O) groups excluding carboxylic acids is 2. The number of likely N-dealkylation sites (tertiary alicyclic amines) is 1. The Hall–Kier alpha value is -2.16. The molecule has 1 aliphatic rings. The summed E-state index contributed by atoms with van der Waals surface area (Å²) in [6.07, 6.45) is -0.221. The fraction of sp³-hybridized carbons (Fsp3) is 0.481. The second kappa shape index (κ2) is 10.8. The van der Waals surface area contributed by atoms with Crippen molar-refractivity contribution >= 4 is 36.3 Å². The second-order valence-corrected chi connectivity index (χ2v) is 16.3. The molecule has 0 aliphatic carbocycles. The Balaban J connectivity index is 1.96. The highest BCUT2D eigenvalue weighted by Gasteiger charge is 2.57. The monoisotopic (exact) mass is 561 g/mol. The Morgan fingerprint density at radius 2 is 1.71 bits per heavy atom. The fourth-order valence-electron chi connectivity index (χ4n) is 4.23. The number of amides is 1. The largest absolute Gasteiger partial charge is 0.467 e. The minimum Gasteiger partial charge on any atom is -0.467 e. The van der Waals surface area contributed by atoms with E-state index in [9.17, 15) is 9.59 Å². The van der Waals surface area contributed by atoms with Crippen LogP contribution in [0.2, 0.25) is 18.1 Å². The molecule has 1 heterocycles. The topological polar surface area (TPSA) is 65.1 Å². The molecule has 0 N–H and O–H groups in total. The Labute approximate surface area is 218 Å². The maximum Gasteiger partial charge on any atom is 0.411 e. The van der Waals surface area contributed by atoms with E-state index in [4.69, 9.17) is 13.9 Å². The molecule has 0 aromatic heterocycles. The molecule has 0 saturated carbocycles. The minimum atomic E-state index is -2.16. The van der Waals surface area contributed by atoms with Crippen molar-refractivity contribution in [3.63, 3.8) is 0 Å². The van der Waals surface area contributed by atoms with E-state index in [1.54, 1.807) is 0 Å². The van der Waals surface area contributed by atoms with Gasteiger partial charge in [0.25, 0.3) is 0 Å². The molecule has 8 heteroatoms. The van der Waals surface area contributed by atoms with Gasteiger partial charge in [0.2, 0.25) is 0 Å². The standard InChI is InChI=1S/C27H36BrNO5Si/c1-26(2,3)35(5,6)34-22-17-27(24(30)32-4,16-21-14-10-11-15-23(21)28)29(18-22)25(31)33-19-20-12-8-7-9-13-20/h7-15,22H,16-19H2,1-6H3/t22-,27-/m1/s1. The third kappa shape index (κ3) is 6.16. The molecule has 0 unspecified atom stereocenters. The SMILES string of the molecule is COC(=O)[C@@]1(Cc2ccccc2Br)C[C@@H](O[Si](C)(C)C(C)(C)C)CN1C(=O)OCc1ccccc1. The molecule has 0 radical (unpaired) electrons. The van der Waals surface area contributed by atoms with E-state index in [0.29, 0.717) is 12.8 Å². The summed E-state index contributed by atoms with van der Waals surface area (Å²) in [4.78, 5) is 28.4. The van der Waals surface area contributed by atoms with Gasteiger partial charge in [0.05, 0.1) is 19.8 Å². The van der Waals surface area contributed by atoms with Gasteiger partial charge in [-0.3, -0.25) is 4.90 Å². The fourth-order valence-corrected chi connectivity index (χ4v) is 6.00. The molecule has 1 aliphatic heterocycles. The van der Waals surface area contributed by atoms with Crippen LogP contribution in [-0.4, -0.2) is 50.6 Å². The third-order valence-corrected chi connectivity index (χ3v) is 12.5. The van der Waals surface area contributed by atoms with Gasteiger partial charge in [-0.2, -0.15) is 0 Å². The van der Waals surface area contributed by atoms with E-state index >= 15 is 0 Å². The van der Waals surface area contributed by atoms with Crippen LogP contribution >= 0.6 is 15.9 Å². The van der Waals surface area contributed by atoms with Gasteiger partial charge in [0.15, 0.2) is 13.9 Å². The van der Waals surface area contributed by atoms with Gasteiger partial charge in [0, 0.05) is 17.3 Å². The van der Waals surface area contributed by atoms with E-state index in [-0.39, 0.29) is 24.3 Å². The first-order valence-corrected chi connectivity index (χ1v) is 15.6. The summed E-state index contributed by atoms with van der Waals surface area (Å²) in [5, 5.41) is -0.00930. The summed E-state index contributed by atoms with van der Waals surface area (Å²) in [7, 11) is -0.795. The zero-order valence-corrected chi connectivity index (χ0v) is 24.1.